The predicted molar refractivity (Wildman–Crippen MR) is 69.2 cm³/mol. The Kier molecular flexibility index (Phi) is 3.75. The number of aromatic nitrogens is 2. The van der Waals surface area contributed by atoms with Gasteiger partial charge >= 0.3 is 6.18 Å². The Balaban J connectivity index is 2.17. The highest BCUT2D eigenvalue weighted by Crippen LogP contribution is 2.28. The molecule has 2 heterocycles. The summed E-state index contributed by atoms with van der Waals surface area (Å²) in [5.74, 6) is 0.544. The lowest BCUT2D eigenvalue weighted by Gasteiger charge is -2.09. The minimum Gasteiger partial charge on any atom is -0.339 e. The summed E-state index contributed by atoms with van der Waals surface area (Å²) in [4.78, 5) is 7.59. The van der Waals surface area contributed by atoms with Crippen molar-refractivity contribution >= 4 is 27.4 Å². The molecule has 2 aromatic rings. The molecule has 0 amide bonds. The quantitative estimate of drug-likeness (QED) is 0.891. The molecule has 2 aromatic heterocycles. The van der Waals surface area contributed by atoms with Gasteiger partial charge in [-0.25, -0.2) is 9.97 Å². The number of anilines is 2. The van der Waals surface area contributed by atoms with Crippen molar-refractivity contribution < 1.29 is 13.2 Å². The first-order valence-electron chi connectivity index (χ1n) is 5.29. The van der Waals surface area contributed by atoms with Crippen molar-refractivity contribution in [3.8, 4) is 0 Å². The maximum atomic E-state index is 12.3. The van der Waals surface area contributed by atoms with E-state index in [1.54, 1.807) is 6.07 Å². The zero-order valence-corrected chi connectivity index (χ0v) is 11.4. The van der Waals surface area contributed by atoms with E-state index < -0.39 is 11.9 Å². The van der Waals surface area contributed by atoms with Crippen LogP contribution in [0.15, 0.2) is 34.9 Å². The molecule has 0 bridgehead atoms. The third-order valence-electron chi connectivity index (χ3n) is 2.35. The average molecular weight is 332 g/mol. The van der Waals surface area contributed by atoms with Crippen molar-refractivity contribution in [3.05, 3.63) is 46.3 Å². The zero-order chi connectivity index (χ0) is 14.0. The van der Waals surface area contributed by atoms with E-state index >= 15 is 0 Å². The van der Waals surface area contributed by atoms with Gasteiger partial charge in [0.15, 0.2) is 0 Å². The Morgan fingerprint density at radius 2 is 1.89 bits per heavy atom. The lowest BCUT2D eigenvalue weighted by atomic mass is 10.3. The molecular formula is C12H9BrF3N3. The van der Waals surface area contributed by atoms with Crippen LogP contribution in [0.4, 0.5) is 24.7 Å². The summed E-state index contributed by atoms with van der Waals surface area (Å²) in [7, 11) is 0. The van der Waals surface area contributed by atoms with Crippen LogP contribution in [0.1, 0.15) is 11.4 Å². The van der Waals surface area contributed by atoms with Gasteiger partial charge in [0.2, 0.25) is 0 Å². The molecule has 0 unspecified atom stereocenters. The number of pyridine rings is 2. The topological polar surface area (TPSA) is 37.8 Å². The molecule has 7 heteroatoms. The average Bonchev–Trinajstić information content (AvgIpc) is 2.33. The highest BCUT2D eigenvalue weighted by molar-refractivity contribution is 9.10. The number of hydrogen-bond donors (Lipinski definition) is 1. The SMILES string of the molecule is Cc1nc(Nc2ccc(C(F)(F)F)nc2)ccc1Br. The summed E-state index contributed by atoms with van der Waals surface area (Å²) in [5, 5.41) is 2.89. The van der Waals surface area contributed by atoms with E-state index in [0.29, 0.717) is 11.5 Å². The number of aryl methyl sites for hydroxylation is 1. The van der Waals surface area contributed by atoms with E-state index in [1.165, 1.54) is 6.07 Å². The predicted octanol–water partition coefficient (Wildman–Crippen LogP) is 4.31. The molecule has 3 nitrogen and oxygen atoms in total. The molecule has 0 aliphatic heterocycles. The monoisotopic (exact) mass is 331 g/mol. The Bertz CT molecular complexity index is 582. The molecule has 2 rings (SSSR count). The summed E-state index contributed by atoms with van der Waals surface area (Å²) in [6.07, 6.45) is -3.30. The van der Waals surface area contributed by atoms with Crippen LogP contribution in [0.2, 0.25) is 0 Å². The summed E-state index contributed by atoms with van der Waals surface area (Å²) in [5.41, 5.74) is 0.310. The molecular weight excluding hydrogens is 323 g/mol. The normalized spacial score (nSPS) is 11.4. The highest BCUT2D eigenvalue weighted by atomic mass is 79.9. The van der Waals surface area contributed by atoms with Gasteiger partial charge in [0, 0.05) is 4.47 Å². The van der Waals surface area contributed by atoms with Gasteiger partial charge < -0.3 is 5.32 Å². The molecule has 0 radical (unpaired) electrons. The first-order chi connectivity index (χ1) is 8.86. The maximum Gasteiger partial charge on any atom is 0.433 e. The fraction of sp³-hybridized carbons (Fsp3) is 0.167. The van der Waals surface area contributed by atoms with Crippen LogP contribution in [0.25, 0.3) is 0 Å². The van der Waals surface area contributed by atoms with Crippen molar-refractivity contribution in [2.75, 3.05) is 5.32 Å². The lowest BCUT2D eigenvalue weighted by Crippen LogP contribution is -2.07. The van der Waals surface area contributed by atoms with E-state index in [0.717, 1.165) is 22.4 Å². The molecule has 0 aromatic carbocycles. The van der Waals surface area contributed by atoms with Gasteiger partial charge in [0.1, 0.15) is 11.5 Å². The smallest absolute Gasteiger partial charge is 0.339 e. The molecule has 0 aliphatic carbocycles. The molecule has 19 heavy (non-hydrogen) atoms. The van der Waals surface area contributed by atoms with Crippen LogP contribution in [0.5, 0.6) is 0 Å². The van der Waals surface area contributed by atoms with Gasteiger partial charge in [-0.2, -0.15) is 13.2 Å². The van der Waals surface area contributed by atoms with Crippen LogP contribution in [-0.2, 0) is 6.18 Å². The Labute approximate surface area is 116 Å². The summed E-state index contributed by atoms with van der Waals surface area (Å²) < 4.78 is 37.9. The van der Waals surface area contributed by atoms with Gasteiger partial charge in [0.05, 0.1) is 17.6 Å². The van der Waals surface area contributed by atoms with Gasteiger partial charge in [-0.1, -0.05) is 0 Å². The van der Waals surface area contributed by atoms with Crippen molar-refractivity contribution in [3.63, 3.8) is 0 Å². The Morgan fingerprint density at radius 3 is 2.42 bits per heavy atom. The molecule has 0 saturated heterocycles. The molecule has 0 atom stereocenters. The van der Waals surface area contributed by atoms with E-state index in [4.69, 9.17) is 0 Å². The van der Waals surface area contributed by atoms with Crippen molar-refractivity contribution in [2.45, 2.75) is 13.1 Å². The Hall–Kier alpha value is -1.63. The number of nitrogens with one attached hydrogen (secondary N) is 1. The van der Waals surface area contributed by atoms with E-state index in [-0.39, 0.29) is 0 Å². The minimum absolute atomic E-state index is 0.447. The van der Waals surface area contributed by atoms with Crippen LogP contribution in [0, 0.1) is 6.92 Å². The summed E-state index contributed by atoms with van der Waals surface area (Å²) in [6.45, 7) is 1.82. The zero-order valence-electron chi connectivity index (χ0n) is 9.79. The number of rotatable bonds is 2. The van der Waals surface area contributed by atoms with Gasteiger partial charge in [0.25, 0.3) is 0 Å². The minimum atomic E-state index is -4.43. The van der Waals surface area contributed by atoms with E-state index in [1.807, 2.05) is 13.0 Å². The first kappa shape index (κ1) is 13.8. The Morgan fingerprint density at radius 1 is 1.16 bits per heavy atom. The summed E-state index contributed by atoms with van der Waals surface area (Å²) >= 11 is 3.32. The van der Waals surface area contributed by atoms with Gasteiger partial charge in [-0.15, -0.1) is 0 Å². The third kappa shape index (κ3) is 3.44. The second-order valence-electron chi connectivity index (χ2n) is 3.82. The number of halogens is 4. The van der Waals surface area contributed by atoms with Crippen LogP contribution in [0.3, 0.4) is 0 Å². The molecule has 0 spiro atoms. The van der Waals surface area contributed by atoms with Crippen LogP contribution >= 0.6 is 15.9 Å². The molecule has 100 valence electrons. The van der Waals surface area contributed by atoms with Crippen LogP contribution < -0.4 is 5.32 Å². The van der Waals surface area contributed by atoms with E-state index in [2.05, 4.69) is 31.2 Å². The number of alkyl halides is 3. The third-order valence-corrected chi connectivity index (χ3v) is 3.19. The van der Waals surface area contributed by atoms with Crippen molar-refractivity contribution in [2.24, 2.45) is 0 Å². The van der Waals surface area contributed by atoms with Crippen molar-refractivity contribution in [1.82, 2.24) is 9.97 Å². The molecule has 0 fully saturated rings. The standard InChI is InChI=1S/C12H9BrF3N3/c1-7-9(13)3-5-11(18-7)19-8-2-4-10(17-6-8)12(14,15)16/h2-6H,1H3,(H,18,19). The molecule has 0 aliphatic rings. The number of nitrogens with zero attached hydrogens (tertiary/aromatic N) is 2. The second-order valence-corrected chi connectivity index (χ2v) is 4.67. The number of hydrogen-bond acceptors (Lipinski definition) is 3. The first-order valence-corrected chi connectivity index (χ1v) is 6.09. The van der Waals surface area contributed by atoms with Crippen molar-refractivity contribution in [1.29, 1.82) is 0 Å². The van der Waals surface area contributed by atoms with Gasteiger partial charge in [-0.05, 0) is 47.1 Å². The van der Waals surface area contributed by atoms with E-state index in [9.17, 15) is 13.2 Å². The fourth-order valence-corrected chi connectivity index (χ4v) is 1.62. The maximum absolute atomic E-state index is 12.3. The molecule has 0 saturated carbocycles. The largest absolute Gasteiger partial charge is 0.433 e. The lowest BCUT2D eigenvalue weighted by molar-refractivity contribution is -0.141. The highest BCUT2D eigenvalue weighted by Gasteiger charge is 2.31. The van der Waals surface area contributed by atoms with Crippen LogP contribution in [-0.4, -0.2) is 9.97 Å². The second kappa shape index (κ2) is 5.16. The summed E-state index contributed by atoms with van der Waals surface area (Å²) in [6, 6.07) is 5.76. The van der Waals surface area contributed by atoms with Gasteiger partial charge in [-0.3, -0.25) is 0 Å². The fourth-order valence-electron chi connectivity index (χ4n) is 1.40. The molecule has 1 N–H and O–H groups in total.